The quantitative estimate of drug-likeness (QED) is 0.895. The minimum absolute atomic E-state index is 0.0957. The number of carbonyl (C=O) groups is 2. The van der Waals surface area contributed by atoms with E-state index in [2.05, 4.69) is 15.9 Å². The Morgan fingerprint density at radius 2 is 2.35 bits per heavy atom. The number of aliphatic carboxylic acids is 1. The fraction of sp³-hybridized carbons (Fsp3) is 0.400. The van der Waals surface area contributed by atoms with Crippen LogP contribution in [0.25, 0.3) is 0 Å². The van der Waals surface area contributed by atoms with Crippen LogP contribution in [0.3, 0.4) is 0 Å². The first kappa shape index (κ1) is 12.5. The van der Waals surface area contributed by atoms with Gasteiger partial charge in [-0.1, -0.05) is 0 Å². The van der Waals surface area contributed by atoms with Gasteiger partial charge in [0.1, 0.15) is 4.88 Å². The molecule has 1 N–H and O–H groups in total. The lowest BCUT2D eigenvalue weighted by atomic mass is 10.2. The summed E-state index contributed by atoms with van der Waals surface area (Å²) in [5.41, 5.74) is 0. The third-order valence-corrected chi connectivity index (χ3v) is 4.27. The van der Waals surface area contributed by atoms with E-state index in [0.717, 1.165) is 4.47 Å². The predicted molar refractivity (Wildman–Crippen MR) is 65.3 cm³/mol. The molecule has 1 aliphatic rings. The molecule has 0 spiro atoms. The van der Waals surface area contributed by atoms with Gasteiger partial charge in [0.15, 0.2) is 6.10 Å². The molecule has 0 aliphatic carbocycles. The molecule has 1 atom stereocenters. The van der Waals surface area contributed by atoms with Gasteiger partial charge in [-0.3, -0.25) is 4.79 Å². The van der Waals surface area contributed by atoms with Crippen molar-refractivity contribution in [2.24, 2.45) is 0 Å². The van der Waals surface area contributed by atoms with Crippen molar-refractivity contribution in [2.75, 3.05) is 19.7 Å². The monoisotopic (exact) mass is 319 g/mol. The average Bonchev–Trinajstić information content (AvgIpc) is 2.74. The molecule has 0 bridgehead atoms. The molecule has 92 valence electrons. The minimum Gasteiger partial charge on any atom is -0.479 e. The van der Waals surface area contributed by atoms with E-state index in [4.69, 9.17) is 9.84 Å². The van der Waals surface area contributed by atoms with Crippen molar-refractivity contribution in [3.63, 3.8) is 0 Å². The van der Waals surface area contributed by atoms with E-state index < -0.39 is 12.1 Å². The van der Waals surface area contributed by atoms with Gasteiger partial charge in [0.25, 0.3) is 5.91 Å². The lowest BCUT2D eigenvalue weighted by Gasteiger charge is -2.30. The van der Waals surface area contributed by atoms with E-state index >= 15 is 0 Å². The number of hydrogen-bond donors (Lipinski definition) is 1. The number of carboxylic acids is 1. The molecule has 17 heavy (non-hydrogen) atoms. The summed E-state index contributed by atoms with van der Waals surface area (Å²) in [5, 5.41) is 10.7. The van der Waals surface area contributed by atoms with Crippen molar-refractivity contribution in [1.29, 1.82) is 0 Å². The number of nitrogens with zero attached hydrogens (tertiary/aromatic N) is 1. The second-order valence-electron chi connectivity index (χ2n) is 3.55. The first-order valence-electron chi connectivity index (χ1n) is 4.96. The Bertz CT molecular complexity index is 447. The highest BCUT2D eigenvalue weighted by Crippen LogP contribution is 2.24. The summed E-state index contributed by atoms with van der Waals surface area (Å²) in [6.45, 7) is 0.775. The lowest BCUT2D eigenvalue weighted by molar-refractivity contribution is -0.154. The van der Waals surface area contributed by atoms with Crippen molar-refractivity contribution in [3.05, 3.63) is 20.8 Å². The highest BCUT2D eigenvalue weighted by atomic mass is 79.9. The Hall–Kier alpha value is -0.920. The van der Waals surface area contributed by atoms with Crippen molar-refractivity contribution in [2.45, 2.75) is 6.10 Å². The van der Waals surface area contributed by atoms with E-state index in [-0.39, 0.29) is 19.1 Å². The summed E-state index contributed by atoms with van der Waals surface area (Å²) in [4.78, 5) is 25.0. The van der Waals surface area contributed by atoms with Crippen LogP contribution in [-0.2, 0) is 9.53 Å². The number of halogens is 1. The van der Waals surface area contributed by atoms with Crippen LogP contribution < -0.4 is 0 Å². The van der Waals surface area contributed by atoms with E-state index in [1.807, 2.05) is 5.38 Å². The Kier molecular flexibility index (Phi) is 3.80. The van der Waals surface area contributed by atoms with Gasteiger partial charge in [-0.05, 0) is 27.4 Å². The summed E-state index contributed by atoms with van der Waals surface area (Å²) in [6, 6.07) is 1.80. The molecule has 0 saturated carbocycles. The smallest absolute Gasteiger partial charge is 0.334 e. The van der Waals surface area contributed by atoms with Crippen molar-refractivity contribution >= 4 is 39.1 Å². The molecular formula is C10H10BrNO4S. The summed E-state index contributed by atoms with van der Waals surface area (Å²) >= 11 is 4.63. The van der Waals surface area contributed by atoms with Gasteiger partial charge in [0.05, 0.1) is 13.2 Å². The highest BCUT2D eigenvalue weighted by molar-refractivity contribution is 9.10. The number of carboxylic acid groups (broad SMARTS) is 1. The molecule has 7 heteroatoms. The molecule has 0 unspecified atom stereocenters. The van der Waals surface area contributed by atoms with Gasteiger partial charge in [-0.25, -0.2) is 4.79 Å². The molecule has 0 radical (unpaired) electrons. The second-order valence-corrected chi connectivity index (χ2v) is 5.32. The average molecular weight is 320 g/mol. The number of amides is 1. The minimum atomic E-state index is -1.03. The van der Waals surface area contributed by atoms with Crippen molar-refractivity contribution in [1.82, 2.24) is 4.90 Å². The van der Waals surface area contributed by atoms with E-state index in [1.54, 1.807) is 6.07 Å². The number of carbonyl (C=O) groups excluding carboxylic acids is 1. The fourth-order valence-corrected chi connectivity index (χ4v) is 3.08. The van der Waals surface area contributed by atoms with Gasteiger partial charge >= 0.3 is 5.97 Å². The van der Waals surface area contributed by atoms with E-state index in [0.29, 0.717) is 11.4 Å². The number of rotatable bonds is 2. The molecule has 1 amide bonds. The maximum absolute atomic E-state index is 12.1. The Balaban J connectivity index is 2.10. The van der Waals surface area contributed by atoms with Gasteiger partial charge in [0.2, 0.25) is 0 Å². The maximum atomic E-state index is 12.1. The van der Waals surface area contributed by atoms with Crippen LogP contribution in [0.15, 0.2) is 15.9 Å². The number of hydrogen-bond acceptors (Lipinski definition) is 4. The highest BCUT2D eigenvalue weighted by Gasteiger charge is 2.30. The van der Waals surface area contributed by atoms with Crippen molar-refractivity contribution < 1.29 is 19.4 Å². The Morgan fingerprint density at radius 1 is 1.59 bits per heavy atom. The summed E-state index contributed by atoms with van der Waals surface area (Å²) in [5.74, 6) is -1.19. The number of ether oxygens (including phenoxy) is 1. The third-order valence-electron chi connectivity index (χ3n) is 2.44. The molecule has 5 nitrogen and oxygen atoms in total. The zero-order valence-corrected chi connectivity index (χ0v) is 11.2. The normalized spacial score (nSPS) is 20.3. The Labute approximate surface area is 110 Å². The largest absolute Gasteiger partial charge is 0.479 e. The first-order chi connectivity index (χ1) is 8.09. The molecule has 0 aromatic carbocycles. The summed E-state index contributed by atoms with van der Waals surface area (Å²) < 4.78 is 5.81. The lowest BCUT2D eigenvalue weighted by Crippen LogP contribution is -2.48. The van der Waals surface area contributed by atoms with Crippen molar-refractivity contribution in [3.8, 4) is 0 Å². The Morgan fingerprint density at radius 3 is 2.94 bits per heavy atom. The predicted octanol–water partition coefficient (Wildman–Crippen LogP) is 1.44. The molecule has 2 rings (SSSR count). The van der Waals surface area contributed by atoms with Crippen LogP contribution >= 0.6 is 27.3 Å². The maximum Gasteiger partial charge on any atom is 0.334 e. The van der Waals surface area contributed by atoms with Gasteiger partial charge in [0, 0.05) is 11.0 Å². The van der Waals surface area contributed by atoms with Crippen LogP contribution in [0.2, 0.25) is 0 Å². The van der Waals surface area contributed by atoms with Gasteiger partial charge in [-0.15, -0.1) is 11.3 Å². The fourth-order valence-electron chi connectivity index (χ4n) is 1.57. The summed E-state index contributed by atoms with van der Waals surface area (Å²) in [7, 11) is 0. The molecule has 1 aliphatic heterocycles. The molecule has 1 fully saturated rings. The van der Waals surface area contributed by atoms with Gasteiger partial charge < -0.3 is 14.7 Å². The van der Waals surface area contributed by atoms with Crippen LogP contribution in [-0.4, -0.2) is 47.7 Å². The van der Waals surface area contributed by atoms with E-state index in [1.165, 1.54) is 16.2 Å². The van der Waals surface area contributed by atoms with Gasteiger partial charge in [-0.2, -0.15) is 0 Å². The number of morpholine rings is 1. The molecule has 1 aromatic heterocycles. The van der Waals surface area contributed by atoms with E-state index in [9.17, 15) is 9.59 Å². The zero-order chi connectivity index (χ0) is 12.4. The van der Waals surface area contributed by atoms with Crippen LogP contribution in [0.1, 0.15) is 9.67 Å². The number of thiophene rings is 1. The first-order valence-corrected chi connectivity index (χ1v) is 6.63. The third kappa shape index (κ3) is 2.67. The SMILES string of the molecule is O=C(O)[C@@H]1CN(C(=O)c2sccc2Br)CCO1. The van der Waals surface area contributed by atoms with Crippen LogP contribution in [0.4, 0.5) is 0 Å². The molecular weight excluding hydrogens is 310 g/mol. The van der Waals surface area contributed by atoms with Crippen LogP contribution in [0.5, 0.6) is 0 Å². The zero-order valence-electron chi connectivity index (χ0n) is 8.76. The molecule has 2 heterocycles. The second kappa shape index (κ2) is 5.16. The standard InChI is InChI=1S/C10H10BrNO4S/c11-6-1-4-17-8(6)9(13)12-2-3-16-7(5-12)10(14)15/h1,4,7H,2-3,5H2,(H,14,15)/t7-/m0/s1. The molecule has 1 aromatic rings. The topological polar surface area (TPSA) is 66.8 Å². The molecule has 1 saturated heterocycles. The van der Waals surface area contributed by atoms with Crippen LogP contribution in [0, 0.1) is 0 Å². The summed E-state index contributed by atoms with van der Waals surface area (Å²) in [6.07, 6.45) is -0.925.